The molecule has 0 fully saturated rings. The molecule has 0 atom stereocenters. The van der Waals surface area contributed by atoms with Gasteiger partial charge >= 0.3 is 0 Å². The number of anilines is 1. The Morgan fingerprint density at radius 2 is 1.87 bits per heavy atom. The normalized spacial score (nSPS) is 10.5. The Labute approximate surface area is 179 Å². The zero-order valence-electron chi connectivity index (χ0n) is 17.1. The van der Waals surface area contributed by atoms with Gasteiger partial charge in [-0.25, -0.2) is 0 Å². The minimum atomic E-state index is -0.164. The van der Waals surface area contributed by atoms with Gasteiger partial charge in [0.1, 0.15) is 0 Å². The van der Waals surface area contributed by atoms with E-state index in [2.05, 4.69) is 27.1 Å². The SMILES string of the molecule is C=C(C)Cn1c(SCC(=O)Nc2ccc(OC)c(OC)c2)nnc1-c1ccncc1. The third kappa shape index (κ3) is 5.18. The molecule has 156 valence electrons. The van der Waals surface area contributed by atoms with E-state index in [4.69, 9.17) is 9.47 Å². The van der Waals surface area contributed by atoms with Gasteiger partial charge in [-0.2, -0.15) is 0 Å². The molecular formula is C21H23N5O3S. The summed E-state index contributed by atoms with van der Waals surface area (Å²) in [5.41, 5.74) is 2.49. The largest absolute Gasteiger partial charge is 0.493 e. The lowest BCUT2D eigenvalue weighted by atomic mass is 10.2. The third-order valence-corrected chi connectivity index (χ3v) is 5.05. The average molecular weight is 426 g/mol. The second kappa shape index (κ2) is 9.93. The van der Waals surface area contributed by atoms with E-state index in [1.54, 1.807) is 44.8 Å². The maximum atomic E-state index is 12.5. The van der Waals surface area contributed by atoms with Crippen molar-refractivity contribution in [2.75, 3.05) is 25.3 Å². The highest BCUT2D eigenvalue weighted by atomic mass is 32.2. The number of amides is 1. The summed E-state index contributed by atoms with van der Waals surface area (Å²) in [6.07, 6.45) is 3.41. The number of nitrogens with one attached hydrogen (secondary N) is 1. The molecule has 1 N–H and O–H groups in total. The lowest BCUT2D eigenvalue weighted by Gasteiger charge is -2.11. The molecule has 0 bridgehead atoms. The summed E-state index contributed by atoms with van der Waals surface area (Å²) >= 11 is 1.31. The first-order chi connectivity index (χ1) is 14.5. The van der Waals surface area contributed by atoms with Crippen LogP contribution < -0.4 is 14.8 Å². The summed E-state index contributed by atoms with van der Waals surface area (Å²) in [4.78, 5) is 16.5. The Morgan fingerprint density at radius 3 is 2.53 bits per heavy atom. The Hall–Kier alpha value is -3.33. The Kier molecular flexibility index (Phi) is 7.08. The maximum absolute atomic E-state index is 12.5. The highest BCUT2D eigenvalue weighted by molar-refractivity contribution is 7.99. The van der Waals surface area contributed by atoms with Gasteiger partial charge in [-0.3, -0.25) is 14.3 Å². The highest BCUT2D eigenvalue weighted by Gasteiger charge is 2.16. The minimum absolute atomic E-state index is 0.164. The summed E-state index contributed by atoms with van der Waals surface area (Å²) in [7, 11) is 3.11. The second-order valence-electron chi connectivity index (χ2n) is 6.49. The summed E-state index contributed by atoms with van der Waals surface area (Å²) in [5, 5.41) is 12.1. The zero-order chi connectivity index (χ0) is 21.5. The molecule has 0 saturated heterocycles. The lowest BCUT2D eigenvalue weighted by molar-refractivity contribution is -0.113. The fraction of sp³-hybridized carbons (Fsp3) is 0.238. The van der Waals surface area contributed by atoms with E-state index >= 15 is 0 Å². The van der Waals surface area contributed by atoms with Gasteiger partial charge in [0.05, 0.1) is 20.0 Å². The van der Waals surface area contributed by atoms with Crippen LogP contribution >= 0.6 is 11.8 Å². The van der Waals surface area contributed by atoms with Crippen LogP contribution in [0.25, 0.3) is 11.4 Å². The minimum Gasteiger partial charge on any atom is -0.493 e. The first-order valence-corrected chi connectivity index (χ1v) is 10.1. The van der Waals surface area contributed by atoms with Crippen molar-refractivity contribution in [1.82, 2.24) is 19.7 Å². The Morgan fingerprint density at radius 1 is 1.13 bits per heavy atom. The topological polar surface area (TPSA) is 91.2 Å². The average Bonchev–Trinajstić information content (AvgIpc) is 3.14. The van der Waals surface area contributed by atoms with Crippen molar-refractivity contribution in [3.63, 3.8) is 0 Å². The molecular weight excluding hydrogens is 402 g/mol. The molecule has 0 unspecified atom stereocenters. The molecule has 3 rings (SSSR count). The van der Waals surface area contributed by atoms with Crippen molar-refractivity contribution in [2.24, 2.45) is 0 Å². The van der Waals surface area contributed by atoms with E-state index in [0.717, 1.165) is 11.1 Å². The smallest absolute Gasteiger partial charge is 0.234 e. The van der Waals surface area contributed by atoms with Crippen LogP contribution in [0.4, 0.5) is 5.69 Å². The van der Waals surface area contributed by atoms with Crippen molar-refractivity contribution in [1.29, 1.82) is 0 Å². The molecule has 1 amide bonds. The number of carbonyl (C=O) groups excluding carboxylic acids is 1. The van der Waals surface area contributed by atoms with Crippen molar-refractivity contribution < 1.29 is 14.3 Å². The predicted octanol–water partition coefficient (Wildman–Crippen LogP) is 3.66. The van der Waals surface area contributed by atoms with Gasteiger partial charge < -0.3 is 14.8 Å². The number of pyridine rings is 1. The van der Waals surface area contributed by atoms with E-state index < -0.39 is 0 Å². The molecule has 8 nitrogen and oxygen atoms in total. The van der Waals surface area contributed by atoms with Gasteiger partial charge in [-0.1, -0.05) is 23.9 Å². The number of benzene rings is 1. The number of allylic oxidation sites excluding steroid dienone is 1. The number of hydrogen-bond donors (Lipinski definition) is 1. The lowest BCUT2D eigenvalue weighted by Crippen LogP contribution is -2.15. The molecule has 0 aliphatic rings. The number of aromatic nitrogens is 4. The molecule has 0 aliphatic carbocycles. The van der Waals surface area contributed by atoms with Crippen LogP contribution in [0.2, 0.25) is 0 Å². The van der Waals surface area contributed by atoms with Gasteiger partial charge in [0.15, 0.2) is 22.5 Å². The van der Waals surface area contributed by atoms with E-state index in [-0.39, 0.29) is 11.7 Å². The quantitative estimate of drug-likeness (QED) is 0.413. The monoisotopic (exact) mass is 425 g/mol. The Balaban J connectivity index is 1.71. The highest BCUT2D eigenvalue weighted by Crippen LogP contribution is 2.30. The fourth-order valence-electron chi connectivity index (χ4n) is 2.76. The summed E-state index contributed by atoms with van der Waals surface area (Å²) in [5.74, 6) is 1.87. The summed E-state index contributed by atoms with van der Waals surface area (Å²) in [6, 6.07) is 8.96. The second-order valence-corrected chi connectivity index (χ2v) is 7.43. The van der Waals surface area contributed by atoms with Crippen LogP contribution in [0.3, 0.4) is 0 Å². The third-order valence-electron chi connectivity index (χ3n) is 4.08. The molecule has 1 aromatic carbocycles. The van der Waals surface area contributed by atoms with E-state index in [0.29, 0.717) is 34.7 Å². The number of rotatable bonds is 9. The van der Waals surface area contributed by atoms with Crippen LogP contribution in [0.1, 0.15) is 6.92 Å². The van der Waals surface area contributed by atoms with Crippen molar-refractivity contribution in [2.45, 2.75) is 18.6 Å². The maximum Gasteiger partial charge on any atom is 0.234 e. The molecule has 0 saturated carbocycles. The van der Waals surface area contributed by atoms with Crippen LogP contribution in [0, 0.1) is 0 Å². The molecule has 2 heterocycles. The predicted molar refractivity (Wildman–Crippen MR) is 117 cm³/mol. The van der Waals surface area contributed by atoms with E-state index in [1.807, 2.05) is 23.6 Å². The number of ether oxygens (including phenoxy) is 2. The van der Waals surface area contributed by atoms with Crippen LogP contribution in [0.15, 0.2) is 60.0 Å². The van der Waals surface area contributed by atoms with Gasteiger partial charge in [-0.15, -0.1) is 10.2 Å². The number of hydrogen-bond acceptors (Lipinski definition) is 7. The van der Waals surface area contributed by atoms with Crippen molar-refractivity contribution in [3.05, 3.63) is 54.9 Å². The van der Waals surface area contributed by atoms with Gasteiger partial charge in [0.2, 0.25) is 5.91 Å². The first-order valence-electron chi connectivity index (χ1n) is 9.14. The molecule has 9 heteroatoms. The van der Waals surface area contributed by atoms with Crippen molar-refractivity contribution >= 4 is 23.4 Å². The molecule has 0 spiro atoms. The molecule has 30 heavy (non-hydrogen) atoms. The molecule has 0 aliphatic heterocycles. The molecule has 3 aromatic rings. The Bertz CT molecular complexity index is 1040. The van der Waals surface area contributed by atoms with Crippen LogP contribution in [-0.2, 0) is 11.3 Å². The van der Waals surface area contributed by atoms with E-state index in [1.165, 1.54) is 11.8 Å². The molecule has 2 aromatic heterocycles. The first kappa shape index (κ1) is 21.4. The zero-order valence-corrected chi connectivity index (χ0v) is 17.9. The number of nitrogens with zero attached hydrogens (tertiary/aromatic N) is 4. The molecule has 0 radical (unpaired) electrons. The van der Waals surface area contributed by atoms with Crippen molar-refractivity contribution in [3.8, 4) is 22.9 Å². The standard InChI is InChI=1S/C21H23N5O3S/c1-14(2)12-26-20(15-7-9-22-10-8-15)24-25-21(26)30-13-19(27)23-16-5-6-17(28-3)18(11-16)29-4/h5-11H,1,12-13H2,2-4H3,(H,23,27). The fourth-order valence-corrected chi connectivity index (χ4v) is 3.50. The number of carbonyl (C=O) groups is 1. The van der Waals surface area contributed by atoms with Gasteiger partial charge in [0, 0.05) is 36.3 Å². The summed E-state index contributed by atoms with van der Waals surface area (Å²) in [6.45, 7) is 6.49. The van der Waals surface area contributed by atoms with E-state index in [9.17, 15) is 4.79 Å². The summed E-state index contributed by atoms with van der Waals surface area (Å²) < 4.78 is 12.4. The van der Waals surface area contributed by atoms with Gasteiger partial charge in [0.25, 0.3) is 0 Å². The number of thioether (sulfide) groups is 1. The number of methoxy groups -OCH3 is 2. The van der Waals surface area contributed by atoms with Crippen LogP contribution in [0.5, 0.6) is 11.5 Å². The van der Waals surface area contributed by atoms with Gasteiger partial charge in [-0.05, 0) is 31.2 Å². The van der Waals surface area contributed by atoms with Crippen LogP contribution in [-0.4, -0.2) is 45.6 Å².